The van der Waals surface area contributed by atoms with Crippen molar-refractivity contribution in [1.29, 1.82) is 0 Å². The van der Waals surface area contributed by atoms with Crippen molar-refractivity contribution in [2.24, 2.45) is 0 Å². The molecule has 0 aromatic heterocycles. The summed E-state index contributed by atoms with van der Waals surface area (Å²) < 4.78 is 0. The van der Waals surface area contributed by atoms with Crippen LogP contribution in [0.4, 0.5) is 0 Å². The highest BCUT2D eigenvalue weighted by Gasteiger charge is 2.19. The fraction of sp³-hybridized carbons (Fsp3) is 0.100. The third kappa shape index (κ3) is 5.57. The van der Waals surface area contributed by atoms with E-state index in [-0.39, 0.29) is 11.5 Å². The molecular weight excluding hydrogens is 545 g/mol. The number of aryl methyl sites for hydroxylation is 4. The van der Waals surface area contributed by atoms with Crippen LogP contribution in [0.1, 0.15) is 22.3 Å². The third-order valence-electron chi connectivity index (χ3n) is 8.14. The van der Waals surface area contributed by atoms with Gasteiger partial charge in [-0.05, 0) is 96.5 Å². The number of phenols is 2. The fourth-order valence-electron chi connectivity index (χ4n) is 5.79. The van der Waals surface area contributed by atoms with Crippen LogP contribution in [0, 0.1) is 27.7 Å². The van der Waals surface area contributed by atoms with Gasteiger partial charge in [0.05, 0.1) is 0 Å². The molecule has 0 aliphatic carbocycles. The van der Waals surface area contributed by atoms with E-state index in [4.69, 9.17) is 0 Å². The SMILES string of the molecule is Cc1ccccc1-c1cc(Sc2cc(-c3ccccc3C)c(O)c(-c3ccccc3C)c2)cc(-c2ccccc2C)c1O. The maximum absolute atomic E-state index is 11.7. The summed E-state index contributed by atoms with van der Waals surface area (Å²) in [5, 5.41) is 23.4. The average molecular weight is 579 g/mol. The Hall–Kier alpha value is -4.73. The van der Waals surface area contributed by atoms with Gasteiger partial charge in [-0.1, -0.05) is 109 Å². The smallest absolute Gasteiger partial charge is 0.131 e. The van der Waals surface area contributed by atoms with Crippen LogP contribution in [0.3, 0.4) is 0 Å². The normalized spacial score (nSPS) is 11.1. The summed E-state index contributed by atoms with van der Waals surface area (Å²) in [6, 6.07) is 41.0. The molecule has 3 heteroatoms. The summed E-state index contributed by atoms with van der Waals surface area (Å²) in [6.45, 7) is 8.30. The lowest BCUT2D eigenvalue weighted by Crippen LogP contribution is -1.92. The molecule has 6 aromatic carbocycles. The first kappa shape index (κ1) is 28.4. The van der Waals surface area contributed by atoms with Crippen molar-refractivity contribution < 1.29 is 10.2 Å². The second-order valence-corrected chi connectivity index (χ2v) is 12.2. The Morgan fingerprint density at radius 3 is 0.814 bits per heavy atom. The maximum Gasteiger partial charge on any atom is 0.131 e. The molecule has 43 heavy (non-hydrogen) atoms. The quantitative estimate of drug-likeness (QED) is 0.206. The predicted molar refractivity (Wildman–Crippen MR) is 181 cm³/mol. The lowest BCUT2D eigenvalue weighted by atomic mass is 9.93. The molecule has 2 N–H and O–H groups in total. The summed E-state index contributed by atoms with van der Waals surface area (Å²) in [6.07, 6.45) is 0. The topological polar surface area (TPSA) is 40.5 Å². The van der Waals surface area contributed by atoms with E-state index in [2.05, 4.69) is 100 Å². The zero-order valence-electron chi connectivity index (χ0n) is 24.8. The standard InChI is InChI=1S/C40H34O2S/c1-25-13-5-9-17-31(25)35-21-29(22-36(39(35)41)32-18-10-6-14-26(32)2)43-30-23-37(33-19-11-7-15-27(33)3)40(42)38(24-30)34-20-12-8-16-28(34)4/h5-24,41-42H,1-4H3. The largest absolute Gasteiger partial charge is 0.507 e. The zero-order chi connectivity index (χ0) is 30.1. The van der Waals surface area contributed by atoms with Crippen LogP contribution in [-0.4, -0.2) is 10.2 Å². The molecule has 0 amide bonds. The second kappa shape index (κ2) is 11.9. The molecule has 0 bridgehead atoms. The number of rotatable bonds is 6. The van der Waals surface area contributed by atoms with E-state index in [1.165, 1.54) is 0 Å². The van der Waals surface area contributed by atoms with Gasteiger partial charge in [0.15, 0.2) is 0 Å². The summed E-state index contributed by atoms with van der Waals surface area (Å²) in [4.78, 5) is 2.01. The molecule has 0 saturated carbocycles. The number of phenolic OH excluding ortho intramolecular Hbond substituents is 2. The van der Waals surface area contributed by atoms with E-state index in [1.807, 2.05) is 48.5 Å². The van der Waals surface area contributed by atoms with Gasteiger partial charge in [-0.3, -0.25) is 0 Å². The Kier molecular flexibility index (Phi) is 7.84. The van der Waals surface area contributed by atoms with Crippen LogP contribution in [0.15, 0.2) is 131 Å². The van der Waals surface area contributed by atoms with Crippen LogP contribution in [0.25, 0.3) is 44.5 Å². The molecule has 212 valence electrons. The maximum atomic E-state index is 11.7. The van der Waals surface area contributed by atoms with Gasteiger partial charge in [0.2, 0.25) is 0 Å². The van der Waals surface area contributed by atoms with Crippen molar-refractivity contribution in [3.8, 4) is 56.0 Å². The van der Waals surface area contributed by atoms with E-state index in [0.717, 1.165) is 76.6 Å². The highest BCUT2D eigenvalue weighted by Crippen LogP contribution is 2.48. The molecule has 0 heterocycles. The first-order valence-corrected chi connectivity index (χ1v) is 15.3. The van der Waals surface area contributed by atoms with E-state index in [0.29, 0.717) is 0 Å². The van der Waals surface area contributed by atoms with Gasteiger partial charge < -0.3 is 10.2 Å². The third-order valence-corrected chi connectivity index (χ3v) is 9.09. The zero-order valence-corrected chi connectivity index (χ0v) is 25.7. The highest BCUT2D eigenvalue weighted by molar-refractivity contribution is 7.99. The van der Waals surface area contributed by atoms with Gasteiger partial charge in [0.25, 0.3) is 0 Å². The van der Waals surface area contributed by atoms with Crippen LogP contribution >= 0.6 is 11.8 Å². The van der Waals surface area contributed by atoms with Gasteiger partial charge in [-0.25, -0.2) is 0 Å². The van der Waals surface area contributed by atoms with Crippen molar-refractivity contribution in [3.05, 3.63) is 144 Å². The Balaban J connectivity index is 1.57. The first-order chi connectivity index (χ1) is 20.8. The molecule has 6 rings (SSSR count). The summed E-state index contributed by atoms with van der Waals surface area (Å²) in [5.74, 6) is 0.555. The Morgan fingerprint density at radius 1 is 0.349 bits per heavy atom. The molecule has 0 radical (unpaired) electrons. The van der Waals surface area contributed by atoms with Crippen LogP contribution in [-0.2, 0) is 0 Å². The van der Waals surface area contributed by atoms with Crippen molar-refractivity contribution in [2.45, 2.75) is 37.5 Å². The van der Waals surface area contributed by atoms with Crippen LogP contribution in [0.2, 0.25) is 0 Å². The molecule has 0 atom stereocenters. The fourth-order valence-corrected chi connectivity index (χ4v) is 6.77. The van der Waals surface area contributed by atoms with Gasteiger partial charge in [0.1, 0.15) is 11.5 Å². The monoisotopic (exact) mass is 578 g/mol. The minimum Gasteiger partial charge on any atom is -0.507 e. The molecule has 0 aliphatic heterocycles. The molecule has 0 unspecified atom stereocenters. The lowest BCUT2D eigenvalue weighted by Gasteiger charge is -2.18. The van der Waals surface area contributed by atoms with Crippen molar-refractivity contribution in [1.82, 2.24) is 0 Å². The van der Waals surface area contributed by atoms with Gasteiger partial charge >= 0.3 is 0 Å². The number of aromatic hydroxyl groups is 2. The summed E-state index contributed by atoms with van der Waals surface area (Å²) >= 11 is 1.64. The Labute approximate surface area is 258 Å². The molecule has 0 saturated heterocycles. The molecular formula is C40H34O2S. The van der Waals surface area contributed by atoms with Gasteiger partial charge in [0, 0.05) is 32.0 Å². The first-order valence-electron chi connectivity index (χ1n) is 14.5. The average Bonchev–Trinajstić information content (AvgIpc) is 3.00. The number of benzene rings is 6. The molecule has 6 aromatic rings. The van der Waals surface area contributed by atoms with Crippen molar-refractivity contribution in [3.63, 3.8) is 0 Å². The Bertz CT molecular complexity index is 1700. The molecule has 0 fully saturated rings. The van der Waals surface area contributed by atoms with E-state index >= 15 is 0 Å². The summed E-state index contributed by atoms with van der Waals surface area (Å²) in [7, 11) is 0. The molecule has 0 aliphatic rings. The van der Waals surface area contributed by atoms with Gasteiger partial charge in [-0.2, -0.15) is 0 Å². The number of hydrogen-bond acceptors (Lipinski definition) is 3. The minimum absolute atomic E-state index is 0.278. The van der Waals surface area contributed by atoms with Gasteiger partial charge in [-0.15, -0.1) is 0 Å². The van der Waals surface area contributed by atoms with Crippen LogP contribution in [0.5, 0.6) is 11.5 Å². The summed E-state index contributed by atoms with van der Waals surface area (Å²) in [5.41, 5.74) is 11.6. The highest BCUT2D eigenvalue weighted by atomic mass is 32.2. The van der Waals surface area contributed by atoms with Crippen LogP contribution < -0.4 is 0 Å². The molecule has 2 nitrogen and oxygen atoms in total. The lowest BCUT2D eigenvalue weighted by molar-refractivity contribution is 0.478. The van der Waals surface area contributed by atoms with E-state index in [9.17, 15) is 10.2 Å². The Morgan fingerprint density at radius 2 is 0.581 bits per heavy atom. The van der Waals surface area contributed by atoms with E-state index < -0.39 is 0 Å². The molecule has 0 spiro atoms. The van der Waals surface area contributed by atoms with E-state index in [1.54, 1.807) is 11.8 Å². The number of hydrogen-bond donors (Lipinski definition) is 2. The minimum atomic E-state index is 0.278. The second-order valence-electron chi connectivity index (χ2n) is 11.1. The van der Waals surface area contributed by atoms with Crippen molar-refractivity contribution in [2.75, 3.05) is 0 Å². The predicted octanol–water partition coefficient (Wildman–Crippen LogP) is 11.2. The van der Waals surface area contributed by atoms with Crippen molar-refractivity contribution >= 4 is 11.8 Å².